The maximum Gasteiger partial charge on any atom is 0.168 e. The maximum absolute atomic E-state index is 4.19. The summed E-state index contributed by atoms with van der Waals surface area (Å²) in [5.41, 5.74) is 0.162. The van der Waals surface area contributed by atoms with E-state index in [0.717, 1.165) is 18.8 Å². The third kappa shape index (κ3) is 3.77. The minimum Gasteiger partial charge on any atom is -0.308 e. The lowest BCUT2D eigenvalue weighted by Gasteiger charge is -2.33. The van der Waals surface area contributed by atoms with Gasteiger partial charge < -0.3 is 5.32 Å². The molecule has 1 aromatic rings. The van der Waals surface area contributed by atoms with Crippen molar-refractivity contribution in [3.8, 4) is 0 Å². The van der Waals surface area contributed by atoms with Crippen LogP contribution in [0.15, 0.2) is 0 Å². The van der Waals surface area contributed by atoms with E-state index in [1.54, 1.807) is 0 Å². The Labute approximate surface area is 110 Å². The van der Waals surface area contributed by atoms with E-state index in [1.807, 2.05) is 4.68 Å². The normalized spacial score (nSPS) is 14.8. The van der Waals surface area contributed by atoms with Gasteiger partial charge in [0.05, 0.1) is 11.6 Å². The van der Waals surface area contributed by atoms with Crippen LogP contribution in [0.1, 0.15) is 66.8 Å². The topological polar surface area (TPSA) is 55.6 Å². The Bertz CT molecular complexity index is 375. The molecule has 0 aliphatic heterocycles. The highest BCUT2D eigenvalue weighted by molar-refractivity contribution is 4.95. The Morgan fingerprint density at radius 1 is 1.22 bits per heavy atom. The number of nitrogens with one attached hydrogen (secondary N) is 1. The summed E-state index contributed by atoms with van der Waals surface area (Å²) in [4.78, 5) is 0. The molecule has 0 amide bonds. The molecule has 1 rings (SSSR count). The van der Waals surface area contributed by atoms with E-state index in [-0.39, 0.29) is 17.0 Å². The molecular weight excluding hydrogens is 226 g/mol. The summed E-state index contributed by atoms with van der Waals surface area (Å²) in [6.45, 7) is 16.2. The van der Waals surface area contributed by atoms with Gasteiger partial charge in [0, 0.05) is 0 Å². The van der Waals surface area contributed by atoms with Gasteiger partial charge in [0.15, 0.2) is 5.82 Å². The van der Waals surface area contributed by atoms with Crippen molar-refractivity contribution in [1.29, 1.82) is 0 Å². The number of hydrogen-bond donors (Lipinski definition) is 1. The molecule has 0 spiro atoms. The molecule has 0 radical (unpaired) electrons. The van der Waals surface area contributed by atoms with Crippen LogP contribution in [0.5, 0.6) is 0 Å². The average Bonchev–Trinajstić information content (AvgIpc) is 2.62. The molecule has 18 heavy (non-hydrogen) atoms. The third-order valence-corrected chi connectivity index (χ3v) is 2.93. The molecule has 0 fully saturated rings. The summed E-state index contributed by atoms with van der Waals surface area (Å²) in [6.07, 6.45) is 1.02. The number of aromatic nitrogens is 4. The highest BCUT2D eigenvalue weighted by Crippen LogP contribution is 2.32. The summed E-state index contributed by atoms with van der Waals surface area (Å²) in [5, 5.41) is 15.6. The van der Waals surface area contributed by atoms with Gasteiger partial charge in [0.2, 0.25) is 0 Å². The van der Waals surface area contributed by atoms with E-state index in [1.165, 1.54) is 0 Å². The molecule has 5 heteroatoms. The lowest BCUT2D eigenvalue weighted by Crippen LogP contribution is -2.36. The minimum atomic E-state index is -0.0826. The molecule has 1 heterocycles. The predicted molar refractivity (Wildman–Crippen MR) is 73.3 cm³/mol. The summed E-state index contributed by atoms with van der Waals surface area (Å²) in [7, 11) is 0. The monoisotopic (exact) mass is 253 g/mol. The Hall–Kier alpha value is -0.970. The van der Waals surface area contributed by atoms with E-state index in [4.69, 9.17) is 0 Å². The Morgan fingerprint density at radius 2 is 1.83 bits per heavy atom. The van der Waals surface area contributed by atoms with Crippen molar-refractivity contribution in [2.24, 2.45) is 5.41 Å². The number of rotatable bonds is 5. The second kappa shape index (κ2) is 5.34. The minimum absolute atomic E-state index is 0.0826. The fourth-order valence-electron chi connectivity index (χ4n) is 2.67. The van der Waals surface area contributed by atoms with Crippen LogP contribution in [0.25, 0.3) is 0 Å². The second-order valence-electron chi connectivity index (χ2n) is 6.78. The zero-order chi connectivity index (χ0) is 14.0. The average molecular weight is 253 g/mol. The molecule has 5 nitrogen and oxygen atoms in total. The van der Waals surface area contributed by atoms with E-state index in [0.29, 0.717) is 0 Å². The van der Waals surface area contributed by atoms with E-state index in [9.17, 15) is 0 Å². The largest absolute Gasteiger partial charge is 0.308 e. The molecule has 1 atom stereocenters. The molecule has 0 aliphatic carbocycles. The van der Waals surface area contributed by atoms with Crippen LogP contribution in [0, 0.1) is 5.41 Å². The van der Waals surface area contributed by atoms with Gasteiger partial charge in [-0.2, -0.15) is 0 Å². The molecule has 0 saturated heterocycles. The lowest BCUT2D eigenvalue weighted by atomic mass is 9.82. The summed E-state index contributed by atoms with van der Waals surface area (Å²) >= 11 is 0. The molecule has 1 N–H and O–H groups in total. The first-order valence-corrected chi connectivity index (χ1v) is 6.69. The highest BCUT2D eigenvalue weighted by Gasteiger charge is 2.31. The van der Waals surface area contributed by atoms with Gasteiger partial charge in [-0.25, -0.2) is 4.68 Å². The van der Waals surface area contributed by atoms with E-state index in [2.05, 4.69) is 69.3 Å². The smallest absolute Gasteiger partial charge is 0.168 e. The van der Waals surface area contributed by atoms with Crippen molar-refractivity contribution in [2.75, 3.05) is 6.54 Å². The quantitative estimate of drug-likeness (QED) is 0.876. The van der Waals surface area contributed by atoms with Gasteiger partial charge in [0.1, 0.15) is 0 Å². The molecular formula is C13H27N5. The van der Waals surface area contributed by atoms with Gasteiger partial charge in [-0.05, 0) is 49.6 Å². The number of hydrogen-bond acceptors (Lipinski definition) is 4. The standard InChI is InChI=1S/C13H27N5/c1-8-14-10(2)11-15-16-17-18(11)13(6,7)9-12(3,4)5/h10,14H,8-9H2,1-7H3. The molecule has 0 bridgehead atoms. The van der Waals surface area contributed by atoms with Crippen LogP contribution in [0.4, 0.5) is 0 Å². The highest BCUT2D eigenvalue weighted by atomic mass is 15.6. The predicted octanol–water partition coefficient (Wildman–Crippen LogP) is 2.51. The molecule has 0 aliphatic rings. The van der Waals surface area contributed by atoms with Gasteiger partial charge in [-0.3, -0.25) is 0 Å². The summed E-state index contributed by atoms with van der Waals surface area (Å²) in [6, 6.07) is 0.171. The second-order valence-corrected chi connectivity index (χ2v) is 6.78. The Balaban J connectivity index is 2.99. The van der Waals surface area contributed by atoms with Crippen LogP contribution in [0.3, 0.4) is 0 Å². The number of tetrazole rings is 1. The van der Waals surface area contributed by atoms with Crippen molar-refractivity contribution in [3.05, 3.63) is 5.82 Å². The van der Waals surface area contributed by atoms with E-state index < -0.39 is 0 Å². The number of nitrogens with zero attached hydrogens (tertiary/aromatic N) is 4. The first kappa shape index (κ1) is 15.1. The Kier molecular flexibility index (Phi) is 4.48. The van der Waals surface area contributed by atoms with Crippen LogP contribution >= 0.6 is 0 Å². The molecule has 104 valence electrons. The van der Waals surface area contributed by atoms with Crippen LogP contribution in [0.2, 0.25) is 0 Å². The summed E-state index contributed by atoms with van der Waals surface area (Å²) in [5.74, 6) is 0.908. The van der Waals surface area contributed by atoms with Gasteiger partial charge in [-0.1, -0.05) is 27.7 Å². The van der Waals surface area contributed by atoms with Crippen LogP contribution in [-0.2, 0) is 5.54 Å². The van der Waals surface area contributed by atoms with Crippen molar-refractivity contribution in [2.45, 2.75) is 66.5 Å². The fraction of sp³-hybridized carbons (Fsp3) is 0.923. The zero-order valence-corrected chi connectivity index (χ0v) is 12.8. The molecule has 0 aromatic carbocycles. The molecule has 1 unspecified atom stereocenters. The SMILES string of the molecule is CCNC(C)c1nnnn1C(C)(C)CC(C)(C)C. The van der Waals surface area contributed by atoms with Crippen molar-refractivity contribution >= 4 is 0 Å². The first-order valence-electron chi connectivity index (χ1n) is 6.69. The van der Waals surface area contributed by atoms with Crippen LogP contribution < -0.4 is 5.32 Å². The Morgan fingerprint density at radius 3 is 2.33 bits per heavy atom. The van der Waals surface area contributed by atoms with Gasteiger partial charge in [-0.15, -0.1) is 5.10 Å². The lowest BCUT2D eigenvalue weighted by molar-refractivity contribution is 0.187. The molecule has 1 aromatic heterocycles. The van der Waals surface area contributed by atoms with Crippen LogP contribution in [-0.4, -0.2) is 26.8 Å². The van der Waals surface area contributed by atoms with Crippen molar-refractivity contribution in [3.63, 3.8) is 0 Å². The third-order valence-electron chi connectivity index (χ3n) is 2.93. The van der Waals surface area contributed by atoms with E-state index >= 15 is 0 Å². The molecule has 0 saturated carbocycles. The van der Waals surface area contributed by atoms with Crippen molar-refractivity contribution < 1.29 is 0 Å². The summed E-state index contributed by atoms with van der Waals surface area (Å²) < 4.78 is 1.96. The fourth-order valence-corrected chi connectivity index (χ4v) is 2.67. The van der Waals surface area contributed by atoms with Gasteiger partial charge >= 0.3 is 0 Å². The van der Waals surface area contributed by atoms with Crippen molar-refractivity contribution in [1.82, 2.24) is 25.5 Å². The zero-order valence-electron chi connectivity index (χ0n) is 12.8. The van der Waals surface area contributed by atoms with Gasteiger partial charge in [0.25, 0.3) is 0 Å². The maximum atomic E-state index is 4.19. The first-order chi connectivity index (χ1) is 8.17.